The van der Waals surface area contributed by atoms with Crippen LogP contribution < -0.4 is 5.73 Å². The van der Waals surface area contributed by atoms with E-state index in [-0.39, 0.29) is 10.8 Å². The lowest BCUT2D eigenvalue weighted by Gasteiger charge is -2.65. The van der Waals surface area contributed by atoms with Crippen LogP contribution in [0.4, 0.5) is 0 Å². The zero-order valence-electron chi connectivity index (χ0n) is 20.2. The molecular weight excluding hydrogens is 432 g/mol. The van der Waals surface area contributed by atoms with Gasteiger partial charge in [-0.05, 0) is 104 Å². The summed E-state index contributed by atoms with van der Waals surface area (Å²) in [6.45, 7) is 0. The van der Waals surface area contributed by atoms with Gasteiger partial charge in [0.25, 0.3) is 0 Å². The summed E-state index contributed by atoms with van der Waals surface area (Å²) in [4.78, 5) is 6.07. The van der Waals surface area contributed by atoms with E-state index in [2.05, 4.69) is 66.9 Å². The van der Waals surface area contributed by atoms with E-state index < -0.39 is 0 Å². The first kappa shape index (κ1) is 22.6. The summed E-state index contributed by atoms with van der Waals surface area (Å²) in [6.07, 6.45) is 14.3. The zero-order chi connectivity index (χ0) is 23.2. The number of nitrogens with two attached hydrogens (primary N) is 1. The number of nitrogens with zero attached hydrogens (tertiary/aromatic N) is 1. The maximum Gasteiger partial charge on any atom is 0.109 e. The van der Waals surface area contributed by atoms with Gasteiger partial charge >= 0.3 is 0 Å². The summed E-state index contributed by atoms with van der Waals surface area (Å²) >= 11 is 6.18. The summed E-state index contributed by atoms with van der Waals surface area (Å²) < 4.78 is 0. The van der Waals surface area contributed by atoms with Gasteiger partial charge in [0.05, 0.1) is 0 Å². The first-order valence-corrected chi connectivity index (χ1v) is 13.9. The Labute approximate surface area is 210 Å². The molecule has 0 saturated heterocycles. The summed E-state index contributed by atoms with van der Waals surface area (Å²) in [5.41, 5.74) is 9.54. The third-order valence-corrected chi connectivity index (χ3v) is 10.4. The lowest BCUT2D eigenvalue weighted by Crippen LogP contribution is -2.60. The van der Waals surface area contributed by atoms with Gasteiger partial charge in [-0.25, -0.2) is 0 Å². The lowest BCUT2D eigenvalue weighted by atomic mass is 9.39. The Morgan fingerprint density at radius 2 is 1.50 bits per heavy atom. The molecular formula is C31H38N2S. The first-order chi connectivity index (χ1) is 16.6. The van der Waals surface area contributed by atoms with Crippen LogP contribution in [0.5, 0.6) is 0 Å². The van der Waals surface area contributed by atoms with Crippen LogP contribution in [0.15, 0.2) is 65.7 Å². The smallest absolute Gasteiger partial charge is 0.109 e. The van der Waals surface area contributed by atoms with Gasteiger partial charge in [0.2, 0.25) is 0 Å². The molecule has 0 heterocycles. The van der Waals surface area contributed by atoms with Crippen molar-refractivity contribution in [3.8, 4) is 0 Å². The summed E-state index contributed by atoms with van der Waals surface area (Å²) in [6, 6.07) is 22.9. The summed E-state index contributed by atoms with van der Waals surface area (Å²) in [5, 5.41) is 0. The number of thiocarbonyl (C=S) groups is 1. The Morgan fingerprint density at radius 3 is 2.15 bits per heavy atom. The molecule has 0 aliphatic heterocycles. The quantitative estimate of drug-likeness (QED) is 0.381. The molecule has 178 valence electrons. The second-order valence-electron chi connectivity index (χ2n) is 12.1. The highest BCUT2D eigenvalue weighted by molar-refractivity contribution is 7.80. The van der Waals surface area contributed by atoms with Crippen molar-refractivity contribution in [1.29, 1.82) is 0 Å². The fourth-order valence-corrected chi connectivity index (χ4v) is 8.75. The van der Waals surface area contributed by atoms with Crippen LogP contribution >= 0.6 is 12.2 Å². The van der Waals surface area contributed by atoms with Gasteiger partial charge in [-0.3, -0.25) is 4.99 Å². The van der Waals surface area contributed by atoms with Gasteiger partial charge in [0.1, 0.15) is 4.99 Å². The summed E-state index contributed by atoms with van der Waals surface area (Å²) in [7, 11) is 0. The van der Waals surface area contributed by atoms with Crippen LogP contribution in [0.2, 0.25) is 0 Å². The molecule has 0 spiro atoms. The molecule has 2 atom stereocenters. The predicted molar refractivity (Wildman–Crippen MR) is 145 cm³/mol. The van der Waals surface area contributed by atoms with Crippen molar-refractivity contribution < 1.29 is 0 Å². The largest absolute Gasteiger partial charge is 0.328 e. The van der Waals surface area contributed by atoms with Crippen molar-refractivity contribution in [3.05, 3.63) is 71.8 Å². The standard InChI is InChI=1S/C31H38N2S/c32-27-13-11-23(12-14-27)20-33-29(34)31-18-24-16-30(21-31,26-9-5-2-6-10-26)17-25(19-31)28(24)15-22-7-3-1-4-8-22/h1-10,20,23-25,27-28H,11-19,21,32H2. The predicted octanol–water partition coefficient (Wildman–Crippen LogP) is 6.91. The van der Waals surface area contributed by atoms with Crippen molar-refractivity contribution in [2.45, 2.75) is 75.7 Å². The molecule has 7 rings (SSSR count). The number of rotatable bonds is 5. The molecule has 2 aromatic rings. The van der Waals surface area contributed by atoms with Gasteiger partial charge < -0.3 is 5.73 Å². The molecule has 2 N–H and O–H groups in total. The van der Waals surface area contributed by atoms with E-state index >= 15 is 0 Å². The highest BCUT2D eigenvalue weighted by atomic mass is 32.1. The first-order valence-electron chi connectivity index (χ1n) is 13.5. The number of aliphatic imine (C=N–C) groups is 1. The fraction of sp³-hybridized carbons (Fsp3) is 0.548. The number of hydrogen-bond acceptors (Lipinski definition) is 2. The van der Waals surface area contributed by atoms with Gasteiger partial charge in [0, 0.05) is 17.7 Å². The maximum absolute atomic E-state index is 6.18. The van der Waals surface area contributed by atoms with Gasteiger partial charge in [-0.2, -0.15) is 0 Å². The Morgan fingerprint density at radius 1 is 0.882 bits per heavy atom. The Kier molecular flexibility index (Phi) is 5.98. The zero-order valence-corrected chi connectivity index (χ0v) is 21.1. The molecule has 5 saturated carbocycles. The van der Waals surface area contributed by atoms with Crippen LogP contribution in [0, 0.1) is 29.1 Å². The second kappa shape index (κ2) is 8.99. The van der Waals surface area contributed by atoms with E-state index in [1.807, 2.05) is 0 Å². The average molecular weight is 471 g/mol. The molecule has 5 aliphatic rings. The van der Waals surface area contributed by atoms with Crippen LogP contribution in [0.3, 0.4) is 0 Å². The van der Waals surface area contributed by atoms with E-state index in [0.29, 0.717) is 12.0 Å². The normalized spacial score (nSPS) is 38.9. The molecule has 5 fully saturated rings. The van der Waals surface area contributed by atoms with Crippen molar-refractivity contribution >= 4 is 23.4 Å². The molecule has 5 aliphatic carbocycles. The monoisotopic (exact) mass is 470 g/mol. The van der Waals surface area contributed by atoms with E-state index in [4.69, 9.17) is 22.9 Å². The summed E-state index contributed by atoms with van der Waals surface area (Å²) in [5.74, 6) is 2.81. The molecule has 4 bridgehead atoms. The van der Waals surface area contributed by atoms with Crippen LogP contribution in [-0.2, 0) is 11.8 Å². The molecule has 34 heavy (non-hydrogen) atoms. The SMILES string of the molecule is NC1CCC(C=NC(=S)C23CC4CC(c5ccccc5)(CC(C2)C4Cc2ccccc2)C3)CC1. The van der Waals surface area contributed by atoms with Crippen LogP contribution in [-0.4, -0.2) is 17.2 Å². The molecule has 2 nitrogen and oxygen atoms in total. The molecule has 3 heteroatoms. The average Bonchev–Trinajstić information content (AvgIpc) is 2.86. The minimum Gasteiger partial charge on any atom is -0.328 e. The van der Waals surface area contributed by atoms with Gasteiger partial charge in [-0.15, -0.1) is 0 Å². The van der Waals surface area contributed by atoms with E-state index in [0.717, 1.165) is 35.6 Å². The maximum atomic E-state index is 6.18. The third-order valence-electron chi connectivity index (χ3n) is 9.87. The van der Waals surface area contributed by atoms with E-state index in [1.165, 1.54) is 56.9 Å². The van der Waals surface area contributed by atoms with Crippen molar-refractivity contribution in [1.82, 2.24) is 0 Å². The van der Waals surface area contributed by atoms with Gasteiger partial charge in [0.15, 0.2) is 0 Å². The van der Waals surface area contributed by atoms with Gasteiger partial charge in [-0.1, -0.05) is 72.9 Å². The van der Waals surface area contributed by atoms with Crippen LogP contribution in [0.25, 0.3) is 0 Å². The third kappa shape index (κ3) is 4.09. The van der Waals surface area contributed by atoms with Crippen LogP contribution in [0.1, 0.15) is 68.9 Å². The second-order valence-corrected chi connectivity index (χ2v) is 12.4. The molecule has 2 aromatic carbocycles. The molecule has 2 unspecified atom stereocenters. The fourth-order valence-electron chi connectivity index (χ4n) is 8.45. The van der Waals surface area contributed by atoms with Crippen molar-refractivity contribution in [2.24, 2.45) is 39.8 Å². The lowest BCUT2D eigenvalue weighted by molar-refractivity contribution is -0.0800. The van der Waals surface area contributed by atoms with E-state index in [1.54, 1.807) is 5.56 Å². The Hall–Kier alpha value is -1.84. The molecule has 0 radical (unpaired) electrons. The Bertz CT molecular complexity index is 1020. The minimum atomic E-state index is 0.103. The van der Waals surface area contributed by atoms with Crippen molar-refractivity contribution in [2.75, 3.05) is 0 Å². The topological polar surface area (TPSA) is 38.4 Å². The van der Waals surface area contributed by atoms with E-state index in [9.17, 15) is 0 Å². The molecule has 0 amide bonds. The Balaban J connectivity index is 1.28. The molecule has 0 aromatic heterocycles. The highest BCUT2D eigenvalue weighted by Crippen LogP contribution is 2.68. The number of hydrogen-bond donors (Lipinski definition) is 1. The van der Waals surface area contributed by atoms with Crippen molar-refractivity contribution in [3.63, 3.8) is 0 Å². The highest BCUT2D eigenvalue weighted by Gasteiger charge is 2.62. The number of benzene rings is 2. The minimum absolute atomic E-state index is 0.103.